The van der Waals surface area contributed by atoms with Crippen LogP contribution in [0, 0.1) is 5.41 Å². The molecule has 0 unspecified atom stereocenters. The van der Waals surface area contributed by atoms with Crippen molar-refractivity contribution >= 4 is 34.1 Å². The number of aromatic nitrogens is 1. The van der Waals surface area contributed by atoms with Crippen molar-refractivity contribution in [3.63, 3.8) is 0 Å². The number of nitrogens with zero attached hydrogens (tertiary/aromatic N) is 1. The number of hydrogen-bond acceptors (Lipinski definition) is 3. The normalized spacial score (nSPS) is 11.5. The van der Waals surface area contributed by atoms with E-state index in [4.69, 9.17) is 17.3 Å². The molecule has 0 aliphatic carbocycles. The number of primary amides is 1. The van der Waals surface area contributed by atoms with Gasteiger partial charge >= 0.3 is 0 Å². The first-order valence-electron chi connectivity index (χ1n) is 5.99. The summed E-state index contributed by atoms with van der Waals surface area (Å²) >= 11 is 6.13. The minimum Gasteiger partial charge on any atom is -0.369 e. The van der Waals surface area contributed by atoms with Crippen LogP contribution >= 0.6 is 11.6 Å². The number of anilines is 1. The molecule has 0 bridgehead atoms. The highest BCUT2D eigenvalue weighted by Gasteiger charge is 2.24. The van der Waals surface area contributed by atoms with E-state index in [1.165, 1.54) is 0 Å². The Bertz CT molecular complexity index is 625. The van der Waals surface area contributed by atoms with Crippen LogP contribution in [0.15, 0.2) is 30.3 Å². The van der Waals surface area contributed by atoms with Crippen molar-refractivity contribution in [3.05, 3.63) is 35.5 Å². The standard InChI is InChI=1S/C14H16ClN3O/c1-14(2,13(16)19)8-17-11-7-9-5-3-4-6-10(9)12(15)18-11/h3-7H,8H2,1-2H3,(H2,16,19)(H,17,18). The molecule has 19 heavy (non-hydrogen) atoms. The Balaban J connectivity index is 2.25. The van der Waals surface area contributed by atoms with E-state index in [0.717, 1.165) is 10.8 Å². The van der Waals surface area contributed by atoms with Gasteiger partial charge in [0.25, 0.3) is 0 Å². The number of fused-ring (bicyclic) bond motifs is 1. The molecule has 1 aromatic carbocycles. The maximum Gasteiger partial charge on any atom is 0.224 e. The zero-order valence-corrected chi connectivity index (χ0v) is 11.7. The van der Waals surface area contributed by atoms with Crippen molar-refractivity contribution in [2.45, 2.75) is 13.8 Å². The number of halogens is 1. The van der Waals surface area contributed by atoms with E-state index < -0.39 is 5.41 Å². The molecule has 0 aliphatic heterocycles. The lowest BCUT2D eigenvalue weighted by Gasteiger charge is -2.21. The summed E-state index contributed by atoms with van der Waals surface area (Å²) in [6.07, 6.45) is 0. The summed E-state index contributed by atoms with van der Waals surface area (Å²) in [5, 5.41) is 5.45. The van der Waals surface area contributed by atoms with E-state index in [9.17, 15) is 4.79 Å². The van der Waals surface area contributed by atoms with E-state index in [-0.39, 0.29) is 5.91 Å². The van der Waals surface area contributed by atoms with Crippen molar-refractivity contribution in [2.24, 2.45) is 11.1 Å². The zero-order chi connectivity index (χ0) is 14.0. The SMILES string of the molecule is CC(C)(CNc1cc2ccccc2c(Cl)n1)C(N)=O. The summed E-state index contributed by atoms with van der Waals surface area (Å²) < 4.78 is 0. The van der Waals surface area contributed by atoms with Gasteiger partial charge in [0.15, 0.2) is 0 Å². The van der Waals surface area contributed by atoms with E-state index in [2.05, 4.69) is 10.3 Å². The molecular weight excluding hydrogens is 262 g/mol. The summed E-state index contributed by atoms with van der Waals surface area (Å²) in [6, 6.07) is 9.64. The number of carbonyl (C=O) groups excluding carboxylic acids is 1. The van der Waals surface area contributed by atoms with Gasteiger partial charge in [0.2, 0.25) is 5.91 Å². The molecule has 0 saturated heterocycles. The van der Waals surface area contributed by atoms with Gasteiger partial charge in [-0.2, -0.15) is 0 Å². The summed E-state index contributed by atoms with van der Waals surface area (Å²) in [5.74, 6) is 0.282. The number of amides is 1. The molecule has 0 aliphatic rings. The number of nitrogens with one attached hydrogen (secondary N) is 1. The van der Waals surface area contributed by atoms with Crippen LogP contribution in [0.2, 0.25) is 5.15 Å². The van der Waals surface area contributed by atoms with Gasteiger partial charge in [-0.3, -0.25) is 4.79 Å². The maximum atomic E-state index is 11.3. The predicted octanol–water partition coefficient (Wildman–Crippen LogP) is 2.81. The van der Waals surface area contributed by atoms with Gasteiger partial charge in [-0.1, -0.05) is 35.9 Å². The van der Waals surface area contributed by atoms with Gasteiger partial charge in [0.1, 0.15) is 11.0 Å². The Morgan fingerprint density at radius 3 is 2.79 bits per heavy atom. The summed E-state index contributed by atoms with van der Waals surface area (Å²) in [7, 11) is 0. The third-order valence-corrected chi connectivity index (χ3v) is 3.36. The highest BCUT2D eigenvalue weighted by molar-refractivity contribution is 6.34. The van der Waals surface area contributed by atoms with Crippen LogP contribution in [0.5, 0.6) is 0 Å². The van der Waals surface area contributed by atoms with E-state index >= 15 is 0 Å². The van der Waals surface area contributed by atoms with E-state index in [1.54, 1.807) is 13.8 Å². The maximum absolute atomic E-state index is 11.3. The molecule has 0 spiro atoms. The van der Waals surface area contributed by atoms with E-state index in [0.29, 0.717) is 17.5 Å². The van der Waals surface area contributed by atoms with Crippen molar-refractivity contribution in [2.75, 3.05) is 11.9 Å². The Morgan fingerprint density at radius 2 is 2.11 bits per heavy atom. The molecule has 100 valence electrons. The number of rotatable bonds is 4. The van der Waals surface area contributed by atoms with Crippen LogP contribution in [-0.4, -0.2) is 17.4 Å². The Labute approximate surface area is 117 Å². The average Bonchev–Trinajstić information content (AvgIpc) is 2.36. The van der Waals surface area contributed by atoms with Gasteiger partial charge in [-0.25, -0.2) is 4.98 Å². The van der Waals surface area contributed by atoms with Crippen LogP contribution in [0.1, 0.15) is 13.8 Å². The average molecular weight is 278 g/mol. The molecule has 2 aromatic rings. The first kappa shape index (κ1) is 13.6. The van der Waals surface area contributed by atoms with Gasteiger partial charge in [-0.05, 0) is 25.3 Å². The summed E-state index contributed by atoms with van der Waals surface area (Å²) in [4.78, 5) is 15.5. The Kier molecular flexibility index (Phi) is 3.62. The van der Waals surface area contributed by atoms with Crippen molar-refractivity contribution in [1.82, 2.24) is 4.98 Å². The number of benzene rings is 1. The molecule has 0 saturated carbocycles. The third-order valence-electron chi connectivity index (χ3n) is 3.07. The first-order valence-corrected chi connectivity index (χ1v) is 6.37. The van der Waals surface area contributed by atoms with Crippen molar-refractivity contribution in [3.8, 4) is 0 Å². The van der Waals surface area contributed by atoms with E-state index in [1.807, 2.05) is 30.3 Å². The quantitative estimate of drug-likeness (QED) is 0.845. The number of carbonyl (C=O) groups is 1. The number of pyridine rings is 1. The van der Waals surface area contributed by atoms with Gasteiger partial charge in [0, 0.05) is 11.9 Å². The van der Waals surface area contributed by atoms with Gasteiger partial charge in [-0.15, -0.1) is 0 Å². The molecule has 0 fully saturated rings. The van der Waals surface area contributed by atoms with Crippen molar-refractivity contribution in [1.29, 1.82) is 0 Å². The largest absolute Gasteiger partial charge is 0.369 e. The minimum atomic E-state index is -0.639. The lowest BCUT2D eigenvalue weighted by atomic mass is 9.93. The lowest BCUT2D eigenvalue weighted by molar-refractivity contribution is -0.125. The van der Waals surface area contributed by atoms with Crippen LogP contribution < -0.4 is 11.1 Å². The molecule has 0 atom stereocenters. The fraction of sp³-hybridized carbons (Fsp3) is 0.286. The highest BCUT2D eigenvalue weighted by atomic mass is 35.5. The molecule has 5 heteroatoms. The number of nitrogens with two attached hydrogens (primary N) is 1. The fourth-order valence-electron chi connectivity index (χ4n) is 1.65. The van der Waals surface area contributed by atoms with Crippen molar-refractivity contribution < 1.29 is 4.79 Å². The first-order chi connectivity index (χ1) is 8.90. The summed E-state index contributed by atoms with van der Waals surface area (Å²) in [5.41, 5.74) is 4.69. The zero-order valence-electron chi connectivity index (χ0n) is 10.9. The molecule has 1 amide bonds. The second-order valence-electron chi connectivity index (χ2n) is 5.12. The topological polar surface area (TPSA) is 68.0 Å². The smallest absolute Gasteiger partial charge is 0.224 e. The second kappa shape index (κ2) is 5.05. The van der Waals surface area contributed by atoms with Gasteiger partial charge < -0.3 is 11.1 Å². The van der Waals surface area contributed by atoms with Gasteiger partial charge in [0.05, 0.1) is 5.41 Å². The van der Waals surface area contributed by atoms with Crippen LogP contribution in [0.3, 0.4) is 0 Å². The molecule has 3 N–H and O–H groups in total. The summed E-state index contributed by atoms with van der Waals surface area (Å²) in [6.45, 7) is 3.97. The van der Waals surface area contributed by atoms with Crippen LogP contribution in [0.25, 0.3) is 10.8 Å². The van der Waals surface area contributed by atoms with Crippen LogP contribution in [0.4, 0.5) is 5.82 Å². The Morgan fingerprint density at radius 1 is 1.42 bits per heavy atom. The van der Waals surface area contributed by atoms with Crippen LogP contribution in [-0.2, 0) is 4.79 Å². The number of hydrogen-bond donors (Lipinski definition) is 2. The molecule has 0 radical (unpaired) electrons. The molecule has 1 aromatic heterocycles. The Hall–Kier alpha value is -1.81. The highest BCUT2D eigenvalue weighted by Crippen LogP contribution is 2.25. The lowest BCUT2D eigenvalue weighted by Crippen LogP contribution is -2.37. The predicted molar refractivity (Wildman–Crippen MR) is 78.2 cm³/mol. The molecule has 1 heterocycles. The monoisotopic (exact) mass is 277 g/mol. The molecule has 2 rings (SSSR count). The fourth-order valence-corrected chi connectivity index (χ4v) is 1.91. The second-order valence-corrected chi connectivity index (χ2v) is 5.48. The minimum absolute atomic E-state index is 0.355. The molecular formula is C14H16ClN3O. The molecule has 4 nitrogen and oxygen atoms in total. The third kappa shape index (κ3) is 2.96.